The quantitative estimate of drug-likeness (QED) is 0.668. The topological polar surface area (TPSA) is 80.0 Å². The van der Waals surface area contributed by atoms with Crippen LogP contribution in [0, 0.1) is 26.7 Å². The predicted octanol–water partition coefficient (Wildman–Crippen LogP) is 2.33. The molecule has 4 heterocycles. The zero-order valence-corrected chi connectivity index (χ0v) is 17.5. The Morgan fingerprint density at radius 1 is 1.00 bits per heavy atom. The third kappa shape index (κ3) is 3.22. The number of fused-ring (bicyclic) bond motifs is 1. The Kier molecular flexibility index (Phi) is 4.49. The Labute approximate surface area is 175 Å². The van der Waals surface area contributed by atoms with Gasteiger partial charge in [-0.3, -0.25) is 4.79 Å². The van der Waals surface area contributed by atoms with Crippen molar-refractivity contribution in [3.05, 3.63) is 59.2 Å². The smallest absolute Gasteiger partial charge is 0.256 e. The van der Waals surface area contributed by atoms with Crippen LogP contribution in [0.1, 0.15) is 33.7 Å². The van der Waals surface area contributed by atoms with Gasteiger partial charge in [0.1, 0.15) is 0 Å². The van der Waals surface area contributed by atoms with Gasteiger partial charge in [-0.25, -0.2) is 9.97 Å². The zero-order valence-electron chi connectivity index (χ0n) is 17.5. The molecule has 2 aliphatic heterocycles. The summed E-state index contributed by atoms with van der Waals surface area (Å²) < 4.78 is 0. The van der Waals surface area contributed by atoms with Gasteiger partial charge in [-0.15, -0.1) is 0 Å². The molecule has 154 valence electrons. The van der Waals surface area contributed by atoms with Crippen LogP contribution in [-0.4, -0.2) is 61.4 Å². The molecule has 0 aliphatic carbocycles. The van der Waals surface area contributed by atoms with E-state index in [1.54, 1.807) is 12.4 Å². The molecule has 2 aromatic heterocycles. The molecular weight excluding hydrogens is 378 g/mol. The minimum atomic E-state index is 0.0256. The van der Waals surface area contributed by atoms with Crippen molar-refractivity contribution >= 4 is 11.9 Å². The van der Waals surface area contributed by atoms with E-state index in [4.69, 9.17) is 0 Å². The van der Waals surface area contributed by atoms with Crippen molar-refractivity contribution in [1.29, 1.82) is 0 Å². The summed E-state index contributed by atoms with van der Waals surface area (Å²) in [6.45, 7) is 8.39. The number of nitrogens with zero attached hydrogens (tertiary/aromatic N) is 7. The first-order valence-corrected chi connectivity index (χ1v) is 10.3. The molecule has 2 atom stereocenters. The summed E-state index contributed by atoms with van der Waals surface area (Å²) >= 11 is 0. The molecule has 1 aromatic carbocycles. The molecule has 8 nitrogen and oxygen atoms in total. The minimum absolute atomic E-state index is 0.0256. The van der Waals surface area contributed by atoms with Gasteiger partial charge in [0, 0.05) is 36.9 Å². The molecule has 2 fully saturated rings. The van der Waals surface area contributed by atoms with Crippen molar-refractivity contribution in [3.63, 3.8) is 0 Å². The fraction of sp³-hybridized carbons (Fsp3) is 0.409. The van der Waals surface area contributed by atoms with E-state index in [9.17, 15) is 4.79 Å². The number of piperidine rings is 1. The average molecular weight is 403 g/mol. The van der Waals surface area contributed by atoms with Crippen molar-refractivity contribution in [2.24, 2.45) is 5.92 Å². The van der Waals surface area contributed by atoms with Crippen LogP contribution in [0.15, 0.2) is 36.7 Å². The summed E-state index contributed by atoms with van der Waals surface area (Å²) in [5, 5.41) is 8.44. The van der Waals surface area contributed by atoms with Gasteiger partial charge in [-0.05, 0) is 45.4 Å². The molecule has 0 spiro atoms. The number of anilines is 1. The van der Waals surface area contributed by atoms with Gasteiger partial charge < -0.3 is 9.80 Å². The number of hydrogen-bond acceptors (Lipinski definition) is 6. The fourth-order valence-corrected chi connectivity index (χ4v) is 4.55. The van der Waals surface area contributed by atoms with Gasteiger partial charge in [0.2, 0.25) is 5.95 Å². The summed E-state index contributed by atoms with van der Waals surface area (Å²) in [5.74, 6) is 1.39. The summed E-state index contributed by atoms with van der Waals surface area (Å²) in [6.07, 6.45) is 4.24. The van der Waals surface area contributed by atoms with Crippen molar-refractivity contribution in [3.8, 4) is 5.69 Å². The largest absolute Gasteiger partial charge is 0.336 e. The van der Waals surface area contributed by atoms with Gasteiger partial charge in [0.05, 0.1) is 29.7 Å². The molecular formula is C22H25N7O. The minimum Gasteiger partial charge on any atom is -0.336 e. The van der Waals surface area contributed by atoms with Gasteiger partial charge in [-0.2, -0.15) is 15.0 Å². The summed E-state index contributed by atoms with van der Waals surface area (Å²) in [4.78, 5) is 28.5. The van der Waals surface area contributed by atoms with Gasteiger partial charge >= 0.3 is 0 Å². The number of hydrogen-bond donors (Lipinski definition) is 0. The highest BCUT2D eigenvalue weighted by atomic mass is 16.2. The first-order chi connectivity index (χ1) is 14.5. The van der Waals surface area contributed by atoms with Gasteiger partial charge in [0.15, 0.2) is 0 Å². The van der Waals surface area contributed by atoms with Crippen LogP contribution in [0.2, 0.25) is 0 Å². The molecule has 3 aromatic rings. The van der Waals surface area contributed by atoms with Crippen LogP contribution in [-0.2, 0) is 0 Å². The molecule has 0 bridgehead atoms. The number of amides is 1. The summed E-state index contributed by atoms with van der Waals surface area (Å²) in [6, 6.07) is 8.07. The monoisotopic (exact) mass is 403 g/mol. The SMILES string of the molecule is Cc1ccc(-n2nccn2)c(C(=O)N2CCC3CN(c4nc(C)cc(C)n4)[C@H]3C2)c1. The lowest BCUT2D eigenvalue weighted by Crippen LogP contribution is -2.65. The van der Waals surface area contributed by atoms with Crippen LogP contribution in [0.3, 0.4) is 0 Å². The molecule has 1 amide bonds. The number of rotatable bonds is 3. The van der Waals surface area contributed by atoms with E-state index in [1.807, 2.05) is 49.9 Å². The Morgan fingerprint density at radius 3 is 2.47 bits per heavy atom. The van der Waals surface area contributed by atoms with E-state index in [1.165, 1.54) is 4.80 Å². The molecule has 0 radical (unpaired) electrons. The van der Waals surface area contributed by atoms with E-state index in [0.29, 0.717) is 23.7 Å². The summed E-state index contributed by atoms with van der Waals surface area (Å²) in [7, 11) is 0. The normalized spacial score (nSPS) is 20.6. The summed E-state index contributed by atoms with van der Waals surface area (Å²) in [5.41, 5.74) is 4.33. The Hall–Kier alpha value is -3.29. The lowest BCUT2D eigenvalue weighted by atomic mass is 9.82. The Morgan fingerprint density at radius 2 is 1.73 bits per heavy atom. The average Bonchev–Trinajstić information content (AvgIpc) is 3.22. The molecule has 8 heteroatoms. The third-order valence-electron chi connectivity index (χ3n) is 6.08. The van der Waals surface area contributed by atoms with Crippen LogP contribution >= 0.6 is 0 Å². The maximum absolute atomic E-state index is 13.5. The highest BCUT2D eigenvalue weighted by Gasteiger charge is 2.45. The number of benzene rings is 1. The fourth-order valence-electron chi connectivity index (χ4n) is 4.55. The highest BCUT2D eigenvalue weighted by Crippen LogP contribution is 2.35. The van der Waals surface area contributed by atoms with Crippen molar-refractivity contribution < 1.29 is 4.79 Å². The molecule has 5 rings (SSSR count). The maximum Gasteiger partial charge on any atom is 0.256 e. The van der Waals surface area contributed by atoms with Crippen LogP contribution in [0.25, 0.3) is 5.69 Å². The molecule has 0 saturated carbocycles. The van der Waals surface area contributed by atoms with Crippen molar-refractivity contribution in [2.75, 3.05) is 24.5 Å². The second-order valence-corrected chi connectivity index (χ2v) is 8.31. The number of aromatic nitrogens is 5. The molecule has 1 unspecified atom stereocenters. The maximum atomic E-state index is 13.5. The van der Waals surface area contributed by atoms with E-state index in [2.05, 4.69) is 25.1 Å². The van der Waals surface area contributed by atoms with Crippen LogP contribution in [0.5, 0.6) is 0 Å². The van der Waals surface area contributed by atoms with Crippen LogP contribution in [0.4, 0.5) is 5.95 Å². The van der Waals surface area contributed by atoms with Gasteiger partial charge in [-0.1, -0.05) is 11.6 Å². The Balaban J connectivity index is 1.40. The van der Waals surface area contributed by atoms with E-state index < -0.39 is 0 Å². The number of carbonyl (C=O) groups is 1. The Bertz CT molecular complexity index is 1070. The second-order valence-electron chi connectivity index (χ2n) is 8.31. The predicted molar refractivity (Wildman–Crippen MR) is 113 cm³/mol. The second kappa shape index (κ2) is 7.19. The van der Waals surface area contributed by atoms with Crippen LogP contribution < -0.4 is 4.90 Å². The zero-order chi connectivity index (χ0) is 20.8. The lowest BCUT2D eigenvalue weighted by molar-refractivity contribution is 0.0589. The first-order valence-electron chi connectivity index (χ1n) is 10.3. The number of likely N-dealkylation sites (tertiary alicyclic amines) is 1. The lowest BCUT2D eigenvalue weighted by Gasteiger charge is -2.53. The van der Waals surface area contributed by atoms with Crippen molar-refractivity contribution in [1.82, 2.24) is 29.9 Å². The highest BCUT2D eigenvalue weighted by molar-refractivity contribution is 5.98. The molecule has 0 N–H and O–H groups in total. The molecule has 2 saturated heterocycles. The van der Waals surface area contributed by atoms with E-state index in [0.717, 1.165) is 42.4 Å². The number of aryl methyl sites for hydroxylation is 3. The van der Waals surface area contributed by atoms with Gasteiger partial charge in [0.25, 0.3) is 5.91 Å². The third-order valence-corrected chi connectivity index (χ3v) is 6.08. The molecule has 2 aliphatic rings. The standard InChI is InChI=1S/C22H25N7O/c1-14-4-5-19(29-23-7-8-24-29)18(10-14)21(30)27-9-6-17-12-28(20(17)13-27)22-25-15(2)11-16(3)26-22/h4-5,7-8,10-11,17,20H,6,9,12-13H2,1-3H3/t17?,20-/m0/s1. The first kappa shape index (κ1) is 18.7. The van der Waals surface area contributed by atoms with Crippen molar-refractivity contribution in [2.45, 2.75) is 33.2 Å². The number of carbonyl (C=O) groups excluding carboxylic acids is 1. The van der Waals surface area contributed by atoms with E-state index >= 15 is 0 Å². The molecule has 30 heavy (non-hydrogen) atoms. The van der Waals surface area contributed by atoms with E-state index in [-0.39, 0.29) is 11.9 Å².